The normalized spacial score (nSPS) is 11.5. The van der Waals surface area contributed by atoms with Gasteiger partial charge in [0, 0.05) is 4.90 Å². The van der Waals surface area contributed by atoms with Gasteiger partial charge in [-0.2, -0.15) is 0 Å². The molecule has 0 fully saturated rings. The minimum atomic E-state index is -2.82. The molecule has 0 amide bonds. The summed E-state index contributed by atoms with van der Waals surface area (Å²) >= 11 is 4.95. The van der Waals surface area contributed by atoms with Crippen molar-refractivity contribution in [3.8, 4) is 0 Å². The van der Waals surface area contributed by atoms with Crippen molar-refractivity contribution in [2.45, 2.75) is 11.3 Å². The minimum Gasteiger partial charge on any atom is -0.205 e. The number of alkyl halides is 2. The third-order valence-corrected chi connectivity index (χ3v) is 3.21. The number of thiol groups is 1. The second kappa shape index (κ2) is 3.47. The zero-order valence-electron chi connectivity index (χ0n) is 6.80. The van der Waals surface area contributed by atoms with E-state index in [2.05, 4.69) is 12.6 Å². The Hall–Kier alpha value is -0.680. The Kier molecular flexibility index (Phi) is 2.45. The molecule has 0 saturated carbocycles. The summed E-state index contributed by atoms with van der Waals surface area (Å²) in [4.78, 5) is 0.00315. The Morgan fingerprint density at radius 3 is 2.71 bits per heavy atom. The number of halogens is 3. The van der Waals surface area contributed by atoms with Crippen molar-refractivity contribution in [3.05, 3.63) is 28.9 Å². The first kappa shape index (κ1) is 9.86. The van der Waals surface area contributed by atoms with E-state index in [1.165, 1.54) is 6.07 Å². The third kappa shape index (κ3) is 1.40. The number of rotatable bonds is 1. The fourth-order valence-electron chi connectivity index (χ4n) is 1.28. The van der Waals surface area contributed by atoms with Gasteiger partial charge in [0.2, 0.25) is 0 Å². The molecule has 2 rings (SSSR count). The van der Waals surface area contributed by atoms with Crippen LogP contribution >= 0.6 is 24.0 Å². The Balaban J connectivity index is 2.82. The van der Waals surface area contributed by atoms with Crippen molar-refractivity contribution in [1.82, 2.24) is 0 Å². The fraction of sp³-hybridized carbons (Fsp3) is 0.111. The number of hydrogen-bond acceptors (Lipinski definition) is 2. The van der Waals surface area contributed by atoms with E-state index in [4.69, 9.17) is 0 Å². The highest BCUT2D eigenvalue weighted by molar-refractivity contribution is 7.80. The van der Waals surface area contributed by atoms with Crippen molar-refractivity contribution < 1.29 is 13.2 Å². The molecule has 0 unspecified atom stereocenters. The molecule has 0 spiro atoms. The highest BCUT2D eigenvalue weighted by atomic mass is 32.1. The van der Waals surface area contributed by atoms with Crippen molar-refractivity contribution in [1.29, 1.82) is 0 Å². The monoisotopic (exact) mass is 234 g/mol. The topological polar surface area (TPSA) is 0 Å². The maximum Gasteiger partial charge on any atom is 0.267 e. The van der Waals surface area contributed by atoms with Crippen LogP contribution in [0.5, 0.6) is 0 Å². The van der Waals surface area contributed by atoms with E-state index < -0.39 is 17.8 Å². The lowest BCUT2D eigenvalue weighted by atomic mass is 10.1. The summed E-state index contributed by atoms with van der Waals surface area (Å²) in [5, 5.41) is 2.28. The van der Waals surface area contributed by atoms with Gasteiger partial charge < -0.3 is 0 Å². The summed E-state index contributed by atoms with van der Waals surface area (Å²) in [7, 11) is 0. The summed E-state index contributed by atoms with van der Waals surface area (Å²) < 4.78 is 38.6. The molecule has 1 heterocycles. The quantitative estimate of drug-likeness (QED) is 0.700. The van der Waals surface area contributed by atoms with Crippen molar-refractivity contribution in [2.75, 3.05) is 0 Å². The molecule has 2 aromatic rings. The van der Waals surface area contributed by atoms with Crippen LogP contribution in [-0.2, 0) is 0 Å². The average molecular weight is 234 g/mol. The lowest BCUT2D eigenvalue weighted by Crippen LogP contribution is -1.92. The second-order valence-corrected chi connectivity index (χ2v) is 4.16. The van der Waals surface area contributed by atoms with Gasteiger partial charge in [-0.3, -0.25) is 0 Å². The second-order valence-electron chi connectivity index (χ2n) is 2.76. The third-order valence-electron chi connectivity index (χ3n) is 1.92. The van der Waals surface area contributed by atoms with Crippen LogP contribution in [0.1, 0.15) is 12.0 Å². The molecule has 0 nitrogen and oxygen atoms in total. The number of benzene rings is 1. The molecule has 0 saturated heterocycles. The molecule has 74 valence electrons. The van der Waals surface area contributed by atoms with Crippen LogP contribution in [-0.4, -0.2) is 0 Å². The minimum absolute atomic E-state index is 0.00315. The zero-order chi connectivity index (χ0) is 10.3. The van der Waals surface area contributed by atoms with Crippen molar-refractivity contribution >= 4 is 34.1 Å². The van der Waals surface area contributed by atoms with E-state index >= 15 is 0 Å². The maximum absolute atomic E-state index is 13.5. The highest BCUT2D eigenvalue weighted by Gasteiger charge is 2.20. The number of thiophene rings is 1. The molecule has 0 radical (unpaired) electrons. The molecule has 5 heteroatoms. The summed E-state index contributed by atoms with van der Waals surface area (Å²) in [5.74, 6) is -0.850. The van der Waals surface area contributed by atoms with Gasteiger partial charge >= 0.3 is 0 Å². The van der Waals surface area contributed by atoms with Crippen LogP contribution < -0.4 is 0 Å². The highest BCUT2D eigenvalue weighted by Crippen LogP contribution is 2.35. The standard InChI is InChI=1S/C9H5F3S2/c10-7-6(9(11)12)5(13)3-4-1-2-14-8(4)7/h1-3,9,13H. The predicted molar refractivity (Wildman–Crippen MR) is 54.0 cm³/mol. The molecule has 0 bridgehead atoms. The van der Waals surface area contributed by atoms with Gasteiger partial charge in [-0.25, -0.2) is 13.2 Å². The largest absolute Gasteiger partial charge is 0.267 e. The molecule has 1 aromatic heterocycles. The van der Waals surface area contributed by atoms with Crippen LogP contribution in [0.3, 0.4) is 0 Å². The van der Waals surface area contributed by atoms with E-state index in [1.807, 2.05) is 0 Å². The van der Waals surface area contributed by atoms with Crippen molar-refractivity contribution in [3.63, 3.8) is 0 Å². The maximum atomic E-state index is 13.5. The molecule has 0 aliphatic rings. The molecular weight excluding hydrogens is 229 g/mol. The van der Waals surface area contributed by atoms with Gasteiger partial charge in [0.25, 0.3) is 6.43 Å². The molecule has 0 aliphatic carbocycles. The summed E-state index contributed by atoms with van der Waals surface area (Å²) in [6.07, 6.45) is -2.82. The fourth-order valence-corrected chi connectivity index (χ4v) is 2.44. The van der Waals surface area contributed by atoms with E-state index in [1.54, 1.807) is 11.4 Å². The Labute approximate surface area is 87.8 Å². The molecular formula is C9H5F3S2. The van der Waals surface area contributed by atoms with Gasteiger partial charge in [-0.05, 0) is 22.9 Å². The van der Waals surface area contributed by atoms with Gasteiger partial charge in [0.15, 0.2) is 5.82 Å². The van der Waals surface area contributed by atoms with Crippen LogP contribution in [0.25, 0.3) is 10.1 Å². The molecule has 14 heavy (non-hydrogen) atoms. The van der Waals surface area contributed by atoms with Crippen molar-refractivity contribution in [2.24, 2.45) is 0 Å². The van der Waals surface area contributed by atoms with Gasteiger partial charge in [-0.1, -0.05) is 0 Å². The van der Waals surface area contributed by atoms with E-state index in [0.717, 1.165) is 11.3 Å². The number of fused-ring (bicyclic) bond motifs is 1. The van der Waals surface area contributed by atoms with E-state index in [0.29, 0.717) is 5.39 Å². The smallest absolute Gasteiger partial charge is 0.205 e. The first-order valence-electron chi connectivity index (χ1n) is 3.78. The first-order chi connectivity index (χ1) is 6.61. The Morgan fingerprint density at radius 1 is 1.36 bits per heavy atom. The van der Waals surface area contributed by atoms with E-state index in [9.17, 15) is 13.2 Å². The summed E-state index contributed by atoms with van der Waals surface area (Å²) in [5.41, 5.74) is -0.608. The predicted octanol–water partition coefficient (Wildman–Crippen LogP) is 4.27. The molecule has 1 aromatic carbocycles. The average Bonchev–Trinajstić information content (AvgIpc) is 2.50. The van der Waals surface area contributed by atoms with Crippen LogP contribution in [0, 0.1) is 5.82 Å². The van der Waals surface area contributed by atoms with E-state index in [-0.39, 0.29) is 9.60 Å². The van der Waals surface area contributed by atoms with Crippen LogP contribution in [0.15, 0.2) is 22.4 Å². The van der Waals surface area contributed by atoms with Gasteiger partial charge in [0.1, 0.15) is 0 Å². The SMILES string of the molecule is Fc1c(C(F)F)c(S)cc2ccsc12. The molecule has 0 aliphatic heterocycles. The lowest BCUT2D eigenvalue weighted by Gasteiger charge is -2.05. The zero-order valence-corrected chi connectivity index (χ0v) is 8.51. The summed E-state index contributed by atoms with van der Waals surface area (Å²) in [6, 6.07) is 3.14. The first-order valence-corrected chi connectivity index (χ1v) is 5.10. The van der Waals surface area contributed by atoms with Gasteiger partial charge in [0.05, 0.1) is 10.3 Å². The van der Waals surface area contributed by atoms with Crippen LogP contribution in [0.4, 0.5) is 13.2 Å². The van der Waals surface area contributed by atoms with Gasteiger partial charge in [-0.15, -0.1) is 24.0 Å². The molecule has 0 atom stereocenters. The Morgan fingerprint density at radius 2 is 2.07 bits per heavy atom. The van der Waals surface area contributed by atoms with Crippen LogP contribution in [0.2, 0.25) is 0 Å². The lowest BCUT2D eigenvalue weighted by molar-refractivity contribution is 0.143. The Bertz CT molecular complexity index is 476. The summed E-state index contributed by atoms with van der Waals surface area (Å²) in [6.45, 7) is 0. The molecule has 0 N–H and O–H groups in total. The number of hydrogen-bond donors (Lipinski definition) is 1.